The summed E-state index contributed by atoms with van der Waals surface area (Å²) in [4.78, 5) is 30.0. The summed E-state index contributed by atoms with van der Waals surface area (Å²) in [5.74, 6) is -1.66. The van der Waals surface area contributed by atoms with Crippen LogP contribution in [0.25, 0.3) is 0 Å². The normalized spacial score (nSPS) is 26.9. The summed E-state index contributed by atoms with van der Waals surface area (Å²) in [7, 11) is 1.31. The lowest BCUT2D eigenvalue weighted by Gasteiger charge is -2.40. The smallest absolute Gasteiger partial charge is 0.329 e. The van der Waals surface area contributed by atoms with Crippen LogP contribution >= 0.6 is 0 Å². The zero-order valence-electron chi connectivity index (χ0n) is 16.0. The Morgan fingerprint density at radius 3 is 1.88 bits per heavy atom. The Kier molecular flexibility index (Phi) is 8.51. The minimum atomic E-state index is -1.07. The van der Waals surface area contributed by atoms with Crippen molar-refractivity contribution < 1.29 is 29.3 Å². The van der Waals surface area contributed by atoms with E-state index in [1.54, 1.807) is 0 Å². The fourth-order valence-corrected chi connectivity index (χ4v) is 3.96. The molecule has 2 fully saturated rings. The number of carboxylic acid groups (broad SMARTS) is 2. The Bertz CT molecular complexity index is 589. The first-order chi connectivity index (χ1) is 11.9. The summed E-state index contributed by atoms with van der Waals surface area (Å²) in [5.41, 5.74) is 0.665. The SMILES string of the molecule is C=C(C(=O)[O-])C1C[C@H]2CC[C@@]1(C)C2(C)C.C=CC(=O)O.C=CC(=O)OC. The van der Waals surface area contributed by atoms with Crippen LogP contribution < -0.4 is 5.11 Å². The van der Waals surface area contributed by atoms with E-state index in [9.17, 15) is 19.5 Å². The van der Waals surface area contributed by atoms with Crippen LogP contribution in [0.15, 0.2) is 37.5 Å². The first-order valence-electron chi connectivity index (χ1n) is 8.34. The Hall–Kier alpha value is -2.37. The second kappa shape index (κ2) is 9.36. The third-order valence-electron chi connectivity index (χ3n) is 6.02. The van der Waals surface area contributed by atoms with Crippen LogP contribution in [-0.2, 0) is 19.1 Å². The number of esters is 1. The van der Waals surface area contributed by atoms with Crippen LogP contribution in [0.5, 0.6) is 0 Å². The number of hydrogen-bond acceptors (Lipinski definition) is 5. The molecule has 2 saturated carbocycles. The summed E-state index contributed by atoms with van der Waals surface area (Å²) in [6, 6.07) is 0. The largest absolute Gasteiger partial charge is 0.545 e. The molecule has 0 saturated heterocycles. The number of hydrogen-bond donors (Lipinski definition) is 1. The molecule has 0 aromatic carbocycles. The second-order valence-electron chi connectivity index (χ2n) is 7.25. The van der Waals surface area contributed by atoms with E-state index in [-0.39, 0.29) is 16.7 Å². The molecule has 6 heteroatoms. The Balaban J connectivity index is 0.000000474. The monoisotopic (exact) mass is 365 g/mol. The molecule has 0 radical (unpaired) electrons. The van der Waals surface area contributed by atoms with Gasteiger partial charge in [-0.2, -0.15) is 0 Å². The highest BCUT2D eigenvalue weighted by atomic mass is 16.5. The minimum absolute atomic E-state index is 0.106. The van der Waals surface area contributed by atoms with Crippen molar-refractivity contribution in [1.82, 2.24) is 0 Å². The number of methoxy groups -OCH3 is 1. The summed E-state index contributed by atoms with van der Waals surface area (Å²) >= 11 is 0. The molecule has 0 aliphatic heterocycles. The Morgan fingerprint density at radius 1 is 1.19 bits per heavy atom. The van der Waals surface area contributed by atoms with E-state index in [0.717, 1.165) is 25.0 Å². The molecule has 2 bridgehead atoms. The predicted octanol–water partition coefficient (Wildman–Crippen LogP) is 2.36. The van der Waals surface area contributed by atoms with E-state index < -0.39 is 17.9 Å². The fourth-order valence-electron chi connectivity index (χ4n) is 3.96. The lowest BCUT2D eigenvalue weighted by molar-refractivity contribution is -0.300. The van der Waals surface area contributed by atoms with E-state index in [2.05, 4.69) is 45.2 Å². The third-order valence-corrected chi connectivity index (χ3v) is 6.02. The summed E-state index contributed by atoms with van der Waals surface area (Å²) in [6.45, 7) is 16.6. The first kappa shape index (κ1) is 23.6. The lowest BCUT2D eigenvalue weighted by Crippen LogP contribution is -2.37. The van der Waals surface area contributed by atoms with Crippen LogP contribution in [0, 0.1) is 22.7 Å². The number of carbonyl (C=O) groups excluding carboxylic acids is 2. The van der Waals surface area contributed by atoms with Crippen LogP contribution in [-0.4, -0.2) is 30.1 Å². The molecule has 3 atom stereocenters. The average Bonchev–Trinajstić information content (AvgIpc) is 2.94. The van der Waals surface area contributed by atoms with Gasteiger partial charge < -0.3 is 19.7 Å². The molecule has 146 valence electrons. The van der Waals surface area contributed by atoms with Crippen molar-refractivity contribution in [3.05, 3.63) is 37.5 Å². The molecule has 2 rings (SSSR count). The van der Waals surface area contributed by atoms with Gasteiger partial charge in [0.1, 0.15) is 0 Å². The highest BCUT2D eigenvalue weighted by Crippen LogP contribution is 2.69. The van der Waals surface area contributed by atoms with Gasteiger partial charge in [0, 0.05) is 12.2 Å². The number of carboxylic acids is 2. The van der Waals surface area contributed by atoms with E-state index in [4.69, 9.17) is 5.11 Å². The van der Waals surface area contributed by atoms with Crippen molar-refractivity contribution in [2.24, 2.45) is 22.7 Å². The minimum Gasteiger partial charge on any atom is -0.545 e. The Morgan fingerprint density at radius 2 is 1.69 bits per heavy atom. The molecule has 0 spiro atoms. The van der Waals surface area contributed by atoms with Gasteiger partial charge in [-0.05, 0) is 47.5 Å². The zero-order chi connectivity index (χ0) is 20.7. The summed E-state index contributed by atoms with van der Waals surface area (Å²) in [5, 5.41) is 18.5. The van der Waals surface area contributed by atoms with Gasteiger partial charge in [-0.3, -0.25) is 0 Å². The fraction of sp³-hybridized carbons (Fsp3) is 0.550. The van der Waals surface area contributed by atoms with Gasteiger partial charge in [0.25, 0.3) is 0 Å². The number of rotatable bonds is 4. The zero-order valence-corrected chi connectivity index (χ0v) is 16.0. The highest BCUT2D eigenvalue weighted by Gasteiger charge is 2.61. The lowest BCUT2D eigenvalue weighted by atomic mass is 9.65. The van der Waals surface area contributed by atoms with Crippen LogP contribution in [0.1, 0.15) is 40.0 Å². The number of carbonyl (C=O) groups is 3. The third kappa shape index (κ3) is 5.07. The van der Waals surface area contributed by atoms with Crippen molar-refractivity contribution in [2.75, 3.05) is 7.11 Å². The van der Waals surface area contributed by atoms with E-state index in [1.165, 1.54) is 13.5 Å². The second-order valence-corrected chi connectivity index (χ2v) is 7.25. The van der Waals surface area contributed by atoms with E-state index >= 15 is 0 Å². The maximum atomic E-state index is 10.9. The molecule has 6 nitrogen and oxygen atoms in total. The van der Waals surface area contributed by atoms with Crippen molar-refractivity contribution in [2.45, 2.75) is 40.0 Å². The molecule has 0 aromatic heterocycles. The van der Waals surface area contributed by atoms with Gasteiger partial charge in [0.15, 0.2) is 0 Å². The van der Waals surface area contributed by atoms with Crippen LogP contribution in [0.3, 0.4) is 0 Å². The average molecular weight is 365 g/mol. The van der Waals surface area contributed by atoms with Crippen molar-refractivity contribution >= 4 is 17.9 Å². The van der Waals surface area contributed by atoms with Crippen molar-refractivity contribution in [3.63, 3.8) is 0 Å². The highest BCUT2D eigenvalue weighted by molar-refractivity contribution is 5.85. The number of fused-ring (bicyclic) bond motifs is 2. The van der Waals surface area contributed by atoms with E-state index in [1.807, 2.05) is 0 Å². The van der Waals surface area contributed by atoms with Gasteiger partial charge in [-0.1, -0.05) is 40.5 Å². The van der Waals surface area contributed by atoms with Crippen molar-refractivity contribution in [1.29, 1.82) is 0 Å². The van der Waals surface area contributed by atoms with Crippen LogP contribution in [0.2, 0.25) is 0 Å². The molecule has 2 aliphatic rings. The molecule has 0 aromatic rings. The van der Waals surface area contributed by atoms with Gasteiger partial charge in [0.2, 0.25) is 0 Å². The van der Waals surface area contributed by atoms with Gasteiger partial charge >= 0.3 is 11.9 Å². The maximum absolute atomic E-state index is 10.9. The molecule has 1 unspecified atom stereocenters. The number of aliphatic carboxylic acids is 2. The van der Waals surface area contributed by atoms with Gasteiger partial charge in [-0.15, -0.1) is 0 Å². The standard InChI is InChI=1S/C13H20O2.C4H6O2.C3H4O2/c1-8(11(14)15)10-7-9-5-6-13(10,4)12(9,2)3;1-3-4(5)6-2;1-2-3(4)5/h9-10H,1,5-7H2,2-4H3,(H,14,15);3H,1H2,2H3;2H,1H2,(H,4,5)/p-1/t9-,10?,13-;;/m1../s1. The topological polar surface area (TPSA) is 104 Å². The Labute approximate surface area is 155 Å². The molecule has 0 heterocycles. The summed E-state index contributed by atoms with van der Waals surface area (Å²) < 4.78 is 4.14. The first-order valence-corrected chi connectivity index (χ1v) is 8.34. The van der Waals surface area contributed by atoms with E-state index in [0.29, 0.717) is 11.5 Å². The molecule has 2 aliphatic carbocycles. The molecule has 0 amide bonds. The van der Waals surface area contributed by atoms with Crippen molar-refractivity contribution in [3.8, 4) is 0 Å². The molecule has 1 N–H and O–H groups in total. The van der Waals surface area contributed by atoms with Crippen LogP contribution in [0.4, 0.5) is 0 Å². The quantitative estimate of drug-likeness (QED) is 0.606. The number of ether oxygens (including phenoxy) is 1. The molecular weight excluding hydrogens is 336 g/mol. The maximum Gasteiger partial charge on any atom is 0.329 e. The predicted molar refractivity (Wildman–Crippen MR) is 96.9 cm³/mol. The molecular formula is C20H29O6-. The summed E-state index contributed by atoms with van der Waals surface area (Å²) in [6.07, 6.45) is 5.29. The van der Waals surface area contributed by atoms with Gasteiger partial charge in [0.05, 0.1) is 13.1 Å². The van der Waals surface area contributed by atoms with Gasteiger partial charge in [-0.25, -0.2) is 9.59 Å². The molecule has 26 heavy (non-hydrogen) atoms.